The Bertz CT molecular complexity index is 631. The number of benzene rings is 1. The molecule has 6 heteroatoms. The second kappa shape index (κ2) is 7.43. The van der Waals surface area contributed by atoms with E-state index in [2.05, 4.69) is 0 Å². The Labute approximate surface area is 146 Å². The first-order valence-corrected chi connectivity index (χ1v) is 8.89. The second-order valence-electron chi connectivity index (χ2n) is 6.58. The number of ether oxygens (including phenoxy) is 1. The van der Waals surface area contributed by atoms with Gasteiger partial charge in [0.05, 0.1) is 0 Å². The molecule has 1 aromatic carbocycles. The maximum atomic E-state index is 12.5. The molecule has 2 fully saturated rings. The van der Waals surface area contributed by atoms with Gasteiger partial charge < -0.3 is 14.7 Å². The fourth-order valence-electron chi connectivity index (χ4n) is 3.90. The van der Waals surface area contributed by atoms with Crippen molar-refractivity contribution in [3.05, 3.63) is 28.8 Å². The van der Waals surface area contributed by atoms with E-state index in [1.807, 2.05) is 4.90 Å². The Hall–Kier alpha value is -1.75. The van der Waals surface area contributed by atoms with Crippen LogP contribution in [0.4, 0.5) is 0 Å². The van der Waals surface area contributed by atoms with Crippen LogP contribution < -0.4 is 0 Å². The van der Waals surface area contributed by atoms with E-state index in [9.17, 15) is 14.7 Å². The number of amides is 1. The molecule has 24 heavy (non-hydrogen) atoms. The third kappa shape index (κ3) is 3.66. The molecule has 1 N–H and O–H groups in total. The molecule has 1 heterocycles. The Morgan fingerprint density at radius 2 is 1.96 bits per heavy atom. The first-order chi connectivity index (χ1) is 11.6. The Balaban J connectivity index is 1.59. The zero-order chi connectivity index (χ0) is 17.1. The van der Waals surface area contributed by atoms with E-state index in [-0.39, 0.29) is 23.8 Å². The zero-order valence-corrected chi connectivity index (χ0v) is 14.3. The minimum Gasteiger partial charge on any atom is -0.507 e. The van der Waals surface area contributed by atoms with Crippen molar-refractivity contribution < 1.29 is 19.4 Å². The fourth-order valence-corrected chi connectivity index (χ4v) is 4.07. The summed E-state index contributed by atoms with van der Waals surface area (Å²) in [5.74, 6) is -0.513. The number of carbonyl (C=O) groups is 2. The molecule has 2 aliphatic rings. The molecule has 0 bridgehead atoms. The lowest BCUT2D eigenvalue weighted by atomic mass is 9.78. The lowest BCUT2D eigenvalue weighted by Crippen LogP contribution is -2.50. The molecule has 1 aromatic rings. The van der Waals surface area contributed by atoms with E-state index >= 15 is 0 Å². The number of phenols is 1. The number of hydrogen-bond acceptors (Lipinski definition) is 4. The SMILES string of the molecule is O=C(OCC(=O)N1CCC[C@H]2CCCC[C@@H]21)c1ccc(Cl)cc1O. The third-order valence-electron chi connectivity index (χ3n) is 5.07. The van der Waals surface area contributed by atoms with Gasteiger partial charge in [-0.25, -0.2) is 4.79 Å². The van der Waals surface area contributed by atoms with E-state index in [1.165, 1.54) is 37.5 Å². The number of esters is 1. The van der Waals surface area contributed by atoms with Gasteiger partial charge in [0.25, 0.3) is 5.91 Å². The molecule has 1 aliphatic heterocycles. The molecular formula is C18H22ClNO4. The van der Waals surface area contributed by atoms with Crippen LogP contribution in [-0.2, 0) is 9.53 Å². The Morgan fingerprint density at radius 1 is 1.21 bits per heavy atom. The van der Waals surface area contributed by atoms with Crippen LogP contribution >= 0.6 is 11.6 Å². The third-order valence-corrected chi connectivity index (χ3v) is 5.31. The molecule has 1 saturated heterocycles. The van der Waals surface area contributed by atoms with Gasteiger partial charge in [0, 0.05) is 17.6 Å². The monoisotopic (exact) mass is 351 g/mol. The highest BCUT2D eigenvalue weighted by atomic mass is 35.5. The van der Waals surface area contributed by atoms with Gasteiger partial charge in [-0.2, -0.15) is 0 Å². The number of hydrogen-bond donors (Lipinski definition) is 1. The van der Waals surface area contributed by atoms with Crippen molar-refractivity contribution in [1.29, 1.82) is 0 Å². The van der Waals surface area contributed by atoms with Crippen LogP contribution in [0.1, 0.15) is 48.9 Å². The van der Waals surface area contributed by atoms with Crippen molar-refractivity contribution in [3.8, 4) is 5.75 Å². The Morgan fingerprint density at radius 3 is 2.75 bits per heavy atom. The van der Waals surface area contributed by atoms with Crippen molar-refractivity contribution in [2.24, 2.45) is 5.92 Å². The molecule has 0 radical (unpaired) electrons. The maximum Gasteiger partial charge on any atom is 0.342 e. The van der Waals surface area contributed by atoms with Gasteiger partial charge in [0.1, 0.15) is 11.3 Å². The first-order valence-electron chi connectivity index (χ1n) is 8.51. The topological polar surface area (TPSA) is 66.8 Å². The minimum atomic E-state index is -0.713. The number of fused-ring (bicyclic) bond motifs is 1. The quantitative estimate of drug-likeness (QED) is 0.848. The maximum absolute atomic E-state index is 12.5. The smallest absolute Gasteiger partial charge is 0.342 e. The average Bonchev–Trinajstić information content (AvgIpc) is 2.59. The highest BCUT2D eigenvalue weighted by Crippen LogP contribution is 2.35. The molecule has 0 unspecified atom stereocenters. The number of carbonyl (C=O) groups excluding carboxylic acids is 2. The number of piperidine rings is 1. The van der Waals surface area contributed by atoms with Gasteiger partial charge in [-0.15, -0.1) is 0 Å². The lowest BCUT2D eigenvalue weighted by molar-refractivity contribution is -0.140. The van der Waals surface area contributed by atoms with Crippen LogP contribution in [-0.4, -0.2) is 41.1 Å². The fraction of sp³-hybridized carbons (Fsp3) is 0.556. The van der Waals surface area contributed by atoms with E-state index in [0.29, 0.717) is 17.0 Å². The van der Waals surface area contributed by atoms with E-state index in [1.54, 1.807) is 0 Å². The normalized spacial score (nSPS) is 23.5. The molecule has 1 amide bonds. The van der Waals surface area contributed by atoms with Gasteiger partial charge in [0.15, 0.2) is 6.61 Å². The van der Waals surface area contributed by atoms with Crippen molar-refractivity contribution in [1.82, 2.24) is 4.90 Å². The van der Waals surface area contributed by atoms with Crippen molar-refractivity contribution in [2.45, 2.75) is 44.6 Å². The first kappa shape index (κ1) is 17.1. The summed E-state index contributed by atoms with van der Waals surface area (Å²) in [5.41, 5.74) is 0.0152. The molecule has 5 nitrogen and oxygen atoms in total. The minimum absolute atomic E-state index is 0.0152. The molecular weight excluding hydrogens is 330 g/mol. The summed E-state index contributed by atoms with van der Waals surface area (Å²) in [5, 5.41) is 10.1. The number of aromatic hydroxyl groups is 1. The van der Waals surface area contributed by atoms with Crippen LogP contribution in [0.2, 0.25) is 5.02 Å². The number of halogens is 1. The summed E-state index contributed by atoms with van der Waals surface area (Å²) in [6.45, 7) is 0.452. The summed E-state index contributed by atoms with van der Waals surface area (Å²) < 4.78 is 5.11. The molecule has 130 valence electrons. The molecule has 2 atom stereocenters. The van der Waals surface area contributed by atoms with Gasteiger partial charge in [-0.3, -0.25) is 4.79 Å². The largest absolute Gasteiger partial charge is 0.507 e. The van der Waals surface area contributed by atoms with Crippen LogP contribution in [0.5, 0.6) is 5.75 Å². The highest BCUT2D eigenvalue weighted by Gasteiger charge is 2.35. The summed E-state index contributed by atoms with van der Waals surface area (Å²) in [7, 11) is 0. The van der Waals surface area contributed by atoms with Crippen LogP contribution in [0.25, 0.3) is 0 Å². The summed E-state index contributed by atoms with van der Waals surface area (Å²) in [4.78, 5) is 26.4. The number of likely N-dealkylation sites (tertiary alicyclic amines) is 1. The van der Waals surface area contributed by atoms with Gasteiger partial charge in [0.2, 0.25) is 0 Å². The number of nitrogens with zero attached hydrogens (tertiary/aromatic N) is 1. The molecule has 3 rings (SSSR count). The number of phenolic OH excluding ortho intramolecular Hbond substituents is 1. The summed E-state index contributed by atoms with van der Waals surface area (Å²) >= 11 is 5.74. The van der Waals surface area contributed by atoms with Crippen LogP contribution in [0, 0.1) is 5.92 Å². The van der Waals surface area contributed by atoms with Crippen molar-refractivity contribution in [2.75, 3.05) is 13.2 Å². The predicted molar refractivity (Wildman–Crippen MR) is 90.1 cm³/mol. The molecule has 1 saturated carbocycles. The average molecular weight is 352 g/mol. The summed E-state index contributed by atoms with van der Waals surface area (Å²) in [6.07, 6.45) is 6.83. The summed E-state index contributed by atoms with van der Waals surface area (Å²) in [6, 6.07) is 4.46. The van der Waals surface area contributed by atoms with E-state index < -0.39 is 5.97 Å². The molecule has 0 spiro atoms. The van der Waals surface area contributed by atoms with Gasteiger partial charge in [-0.05, 0) is 49.8 Å². The number of rotatable bonds is 3. The zero-order valence-electron chi connectivity index (χ0n) is 13.5. The van der Waals surface area contributed by atoms with Crippen LogP contribution in [0.15, 0.2) is 18.2 Å². The van der Waals surface area contributed by atoms with Crippen molar-refractivity contribution >= 4 is 23.5 Å². The van der Waals surface area contributed by atoms with E-state index in [0.717, 1.165) is 25.8 Å². The Kier molecular flexibility index (Phi) is 5.29. The predicted octanol–water partition coefficient (Wildman–Crippen LogP) is 3.38. The van der Waals surface area contributed by atoms with Crippen molar-refractivity contribution in [3.63, 3.8) is 0 Å². The standard InChI is InChI=1S/C18H22ClNO4/c19-13-7-8-14(16(21)10-13)18(23)24-11-17(22)20-9-3-5-12-4-1-2-6-15(12)20/h7-8,10,12,15,21H,1-6,9,11H2/t12-,15+/m1/s1. The van der Waals surface area contributed by atoms with Gasteiger partial charge >= 0.3 is 5.97 Å². The van der Waals surface area contributed by atoms with Gasteiger partial charge in [-0.1, -0.05) is 24.4 Å². The second-order valence-corrected chi connectivity index (χ2v) is 7.02. The van der Waals surface area contributed by atoms with Crippen LogP contribution in [0.3, 0.4) is 0 Å². The van der Waals surface area contributed by atoms with E-state index in [4.69, 9.17) is 16.3 Å². The lowest BCUT2D eigenvalue weighted by Gasteiger charge is -2.44. The molecule has 0 aromatic heterocycles. The highest BCUT2D eigenvalue weighted by molar-refractivity contribution is 6.30. The molecule has 1 aliphatic carbocycles.